The molecule has 1 unspecified atom stereocenters. The molecule has 1 rings (SSSR count). The summed E-state index contributed by atoms with van der Waals surface area (Å²) in [5, 5.41) is 0.125. The first-order chi connectivity index (χ1) is 9.05. The minimum absolute atomic E-state index is 0.00927. The van der Waals surface area contributed by atoms with E-state index in [-0.39, 0.29) is 33.2 Å². The Bertz CT molecular complexity index is 686. The molecule has 0 spiro atoms. The minimum atomic E-state index is -3.64. The molecule has 9 heteroatoms. The Morgan fingerprint density at radius 2 is 1.85 bits per heavy atom. The Hall–Kier alpha value is -0.500. The van der Waals surface area contributed by atoms with Gasteiger partial charge in [-0.05, 0) is 24.1 Å². The predicted octanol–water partition coefficient (Wildman–Crippen LogP) is 2.36. The molecule has 0 fully saturated rings. The van der Waals surface area contributed by atoms with Gasteiger partial charge in [0.25, 0.3) is 0 Å². The summed E-state index contributed by atoms with van der Waals surface area (Å²) in [6.45, 7) is 1.70. The number of benzene rings is 1. The van der Waals surface area contributed by atoms with E-state index in [0.29, 0.717) is 0 Å². The SMILES string of the molecule is CC(CCl)CS(=O)(=O)Nc1cc(S(C)(=O)=O)ccc1Cl. The third kappa shape index (κ3) is 5.12. The average molecular weight is 360 g/mol. The second-order valence-corrected chi connectivity index (χ2v) is 9.06. The zero-order chi connectivity index (χ0) is 15.6. The van der Waals surface area contributed by atoms with Gasteiger partial charge in [-0.2, -0.15) is 0 Å². The van der Waals surface area contributed by atoms with Crippen LogP contribution in [0.5, 0.6) is 0 Å². The Balaban J connectivity index is 3.09. The van der Waals surface area contributed by atoms with Gasteiger partial charge in [-0.1, -0.05) is 18.5 Å². The van der Waals surface area contributed by atoms with Gasteiger partial charge in [-0.3, -0.25) is 4.72 Å². The van der Waals surface area contributed by atoms with Crippen LogP contribution in [0.15, 0.2) is 23.1 Å². The van der Waals surface area contributed by atoms with Crippen LogP contribution in [0.3, 0.4) is 0 Å². The largest absolute Gasteiger partial charge is 0.282 e. The number of sulfone groups is 1. The average Bonchev–Trinajstić information content (AvgIpc) is 2.29. The van der Waals surface area contributed by atoms with Crippen molar-refractivity contribution in [2.45, 2.75) is 11.8 Å². The predicted molar refractivity (Wildman–Crippen MR) is 81.9 cm³/mol. The number of nitrogens with one attached hydrogen (secondary N) is 1. The molecule has 0 bridgehead atoms. The first-order valence-electron chi connectivity index (χ1n) is 5.61. The van der Waals surface area contributed by atoms with E-state index >= 15 is 0 Å². The fraction of sp³-hybridized carbons (Fsp3) is 0.455. The topological polar surface area (TPSA) is 80.3 Å². The van der Waals surface area contributed by atoms with Crippen LogP contribution in [0.2, 0.25) is 5.02 Å². The maximum atomic E-state index is 11.9. The molecular formula is C11H15Cl2NO4S2. The Labute approximate surface area is 129 Å². The molecule has 0 amide bonds. The molecule has 0 saturated carbocycles. The normalized spacial score (nSPS) is 14.0. The summed E-state index contributed by atoms with van der Waals surface area (Å²) < 4.78 is 49.0. The minimum Gasteiger partial charge on any atom is -0.282 e. The van der Waals surface area contributed by atoms with Crippen molar-refractivity contribution in [3.8, 4) is 0 Å². The van der Waals surface area contributed by atoms with E-state index < -0.39 is 19.9 Å². The second kappa shape index (κ2) is 6.51. The maximum Gasteiger partial charge on any atom is 0.233 e. The van der Waals surface area contributed by atoms with Gasteiger partial charge in [-0.25, -0.2) is 16.8 Å². The number of sulfonamides is 1. The summed E-state index contributed by atoms with van der Waals surface area (Å²) >= 11 is 11.5. The molecule has 1 N–H and O–H groups in total. The number of halogens is 2. The molecule has 114 valence electrons. The van der Waals surface area contributed by atoms with Crippen LogP contribution in [0.1, 0.15) is 6.92 Å². The van der Waals surface area contributed by atoms with Crippen LogP contribution in [0, 0.1) is 5.92 Å². The van der Waals surface area contributed by atoms with Crippen molar-refractivity contribution in [1.29, 1.82) is 0 Å². The molecule has 0 aliphatic heterocycles. The lowest BCUT2D eigenvalue weighted by molar-refractivity contribution is 0.588. The van der Waals surface area contributed by atoms with Crippen LogP contribution >= 0.6 is 23.2 Å². The van der Waals surface area contributed by atoms with E-state index in [9.17, 15) is 16.8 Å². The molecule has 20 heavy (non-hydrogen) atoms. The number of alkyl halides is 1. The zero-order valence-corrected chi connectivity index (χ0v) is 14.1. The molecule has 0 aliphatic rings. The summed E-state index contributed by atoms with van der Waals surface area (Å²) in [6.07, 6.45) is 1.03. The number of anilines is 1. The molecule has 0 aromatic heterocycles. The molecular weight excluding hydrogens is 345 g/mol. The molecule has 1 atom stereocenters. The van der Waals surface area contributed by atoms with Gasteiger partial charge in [0.1, 0.15) is 0 Å². The maximum absolute atomic E-state index is 11.9. The van der Waals surface area contributed by atoms with Crippen molar-refractivity contribution in [3.63, 3.8) is 0 Å². The van der Waals surface area contributed by atoms with Crippen LogP contribution in [-0.4, -0.2) is 34.7 Å². The van der Waals surface area contributed by atoms with Gasteiger partial charge in [0, 0.05) is 12.1 Å². The molecule has 1 aromatic rings. The fourth-order valence-electron chi connectivity index (χ4n) is 1.44. The number of rotatable bonds is 6. The molecule has 1 aromatic carbocycles. The Morgan fingerprint density at radius 1 is 1.25 bits per heavy atom. The standard InChI is InChI=1S/C11H15Cl2NO4S2/c1-8(6-12)7-20(17,18)14-11-5-9(19(2,15)16)3-4-10(11)13/h3-5,8,14H,6-7H2,1-2H3. The van der Waals surface area contributed by atoms with E-state index in [4.69, 9.17) is 23.2 Å². The van der Waals surface area contributed by atoms with Crippen molar-refractivity contribution >= 4 is 48.7 Å². The summed E-state index contributed by atoms with van der Waals surface area (Å²) in [6, 6.07) is 3.85. The Kier molecular flexibility index (Phi) is 5.71. The summed E-state index contributed by atoms with van der Waals surface area (Å²) in [7, 11) is -7.08. The van der Waals surface area contributed by atoms with Gasteiger partial charge in [-0.15, -0.1) is 11.6 Å². The van der Waals surface area contributed by atoms with E-state index in [0.717, 1.165) is 6.26 Å². The van der Waals surface area contributed by atoms with Crippen LogP contribution in [-0.2, 0) is 19.9 Å². The van der Waals surface area contributed by atoms with Crippen molar-refractivity contribution in [1.82, 2.24) is 0 Å². The van der Waals surface area contributed by atoms with Gasteiger partial charge in [0.2, 0.25) is 10.0 Å². The quantitative estimate of drug-likeness (QED) is 0.790. The highest BCUT2D eigenvalue weighted by Gasteiger charge is 2.18. The smallest absolute Gasteiger partial charge is 0.233 e. The highest BCUT2D eigenvalue weighted by Crippen LogP contribution is 2.26. The van der Waals surface area contributed by atoms with Crippen molar-refractivity contribution in [2.24, 2.45) is 5.92 Å². The monoisotopic (exact) mass is 359 g/mol. The molecule has 5 nitrogen and oxygen atoms in total. The second-order valence-electron chi connectivity index (χ2n) is 4.56. The van der Waals surface area contributed by atoms with Crippen LogP contribution in [0.25, 0.3) is 0 Å². The lowest BCUT2D eigenvalue weighted by atomic mass is 10.3. The zero-order valence-electron chi connectivity index (χ0n) is 10.9. The fourth-order valence-corrected chi connectivity index (χ4v) is 4.00. The lowest BCUT2D eigenvalue weighted by Crippen LogP contribution is -2.22. The van der Waals surface area contributed by atoms with Crippen molar-refractivity contribution in [3.05, 3.63) is 23.2 Å². The summed E-state index contributed by atoms with van der Waals surface area (Å²) in [5.74, 6) is -0.195. The molecule has 0 aliphatic carbocycles. The highest BCUT2D eigenvalue weighted by molar-refractivity contribution is 7.92. The number of hydrogen-bond donors (Lipinski definition) is 1. The third-order valence-electron chi connectivity index (χ3n) is 2.40. The third-order valence-corrected chi connectivity index (χ3v) is 5.90. The van der Waals surface area contributed by atoms with Crippen molar-refractivity contribution < 1.29 is 16.8 Å². The van der Waals surface area contributed by atoms with Crippen LogP contribution in [0.4, 0.5) is 5.69 Å². The molecule has 0 radical (unpaired) electrons. The molecule has 0 saturated heterocycles. The number of hydrogen-bond acceptors (Lipinski definition) is 4. The first-order valence-corrected chi connectivity index (χ1v) is 10.1. The Morgan fingerprint density at radius 3 is 2.35 bits per heavy atom. The van der Waals surface area contributed by atoms with E-state index in [1.165, 1.54) is 18.2 Å². The van der Waals surface area contributed by atoms with Crippen LogP contribution < -0.4 is 4.72 Å². The molecule has 0 heterocycles. The highest BCUT2D eigenvalue weighted by atomic mass is 35.5. The van der Waals surface area contributed by atoms with Gasteiger partial charge in [0.05, 0.1) is 21.4 Å². The summed E-state index contributed by atoms with van der Waals surface area (Å²) in [5.41, 5.74) is 0.0383. The first kappa shape index (κ1) is 17.6. The van der Waals surface area contributed by atoms with Gasteiger partial charge in [0.15, 0.2) is 9.84 Å². The van der Waals surface area contributed by atoms with E-state index in [1.54, 1.807) is 6.92 Å². The van der Waals surface area contributed by atoms with E-state index in [2.05, 4.69) is 4.72 Å². The lowest BCUT2D eigenvalue weighted by Gasteiger charge is -2.13. The van der Waals surface area contributed by atoms with E-state index in [1.807, 2.05) is 0 Å². The van der Waals surface area contributed by atoms with Gasteiger partial charge < -0.3 is 0 Å². The summed E-state index contributed by atoms with van der Waals surface area (Å²) in [4.78, 5) is -0.00927. The van der Waals surface area contributed by atoms with Gasteiger partial charge >= 0.3 is 0 Å². The van der Waals surface area contributed by atoms with Crippen molar-refractivity contribution in [2.75, 3.05) is 22.6 Å².